The fourth-order valence-corrected chi connectivity index (χ4v) is 5.38. The summed E-state index contributed by atoms with van der Waals surface area (Å²) in [5.74, 6) is 1.99. The molecular formula is C19H26N2O4S. The molecule has 0 radical (unpaired) electrons. The Balaban J connectivity index is 1.34. The Hall–Kier alpha value is -1.47. The van der Waals surface area contributed by atoms with E-state index in [4.69, 9.17) is 9.15 Å². The summed E-state index contributed by atoms with van der Waals surface area (Å²) < 4.78 is 10.9. The average Bonchev–Trinajstić information content (AvgIpc) is 3.26. The lowest BCUT2D eigenvalue weighted by Crippen LogP contribution is -2.42. The van der Waals surface area contributed by atoms with Crippen molar-refractivity contribution >= 4 is 23.6 Å². The second-order valence-corrected chi connectivity index (χ2v) is 8.59. The predicted octanol–water partition coefficient (Wildman–Crippen LogP) is 2.31. The summed E-state index contributed by atoms with van der Waals surface area (Å²) in [5.41, 5.74) is 0. The zero-order valence-electron chi connectivity index (χ0n) is 15.0. The van der Waals surface area contributed by atoms with E-state index in [0.717, 1.165) is 43.9 Å². The van der Waals surface area contributed by atoms with Gasteiger partial charge in [0, 0.05) is 51.1 Å². The molecule has 1 aromatic rings. The normalized spacial score (nSPS) is 28.4. The Morgan fingerprint density at radius 1 is 1.19 bits per heavy atom. The van der Waals surface area contributed by atoms with Crippen LogP contribution in [0.4, 0.5) is 0 Å². The van der Waals surface area contributed by atoms with Gasteiger partial charge in [-0.25, -0.2) is 0 Å². The van der Waals surface area contributed by atoms with Crippen LogP contribution in [-0.2, 0) is 14.3 Å². The molecule has 142 valence electrons. The number of ether oxygens (including phenoxy) is 1. The number of thioether (sulfide) groups is 1. The van der Waals surface area contributed by atoms with Crippen LogP contribution < -0.4 is 0 Å². The van der Waals surface area contributed by atoms with E-state index in [1.54, 1.807) is 6.26 Å². The number of hydrogen-bond donors (Lipinski definition) is 0. The van der Waals surface area contributed by atoms with Crippen LogP contribution >= 0.6 is 11.8 Å². The maximum absolute atomic E-state index is 13.0. The van der Waals surface area contributed by atoms with Gasteiger partial charge in [-0.1, -0.05) is 0 Å². The van der Waals surface area contributed by atoms with Gasteiger partial charge >= 0.3 is 0 Å². The van der Waals surface area contributed by atoms with E-state index >= 15 is 0 Å². The first-order valence-corrected chi connectivity index (χ1v) is 10.6. The van der Waals surface area contributed by atoms with Gasteiger partial charge in [0.05, 0.1) is 17.4 Å². The highest BCUT2D eigenvalue weighted by Crippen LogP contribution is 2.35. The largest absolute Gasteiger partial charge is 0.468 e. The first kappa shape index (κ1) is 17.9. The Morgan fingerprint density at radius 2 is 2.04 bits per heavy atom. The van der Waals surface area contributed by atoms with Crippen molar-refractivity contribution in [3.8, 4) is 0 Å². The van der Waals surface area contributed by atoms with Crippen LogP contribution in [0.2, 0.25) is 0 Å². The minimum Gasteiger partial charge on any atom is -0.468 e. The fourth-order valence-electron chi connectivity index (χ4n) is 4.20. The number of rotatable bonds is 3. The molecule has 2 amide bonds. The van der Waals surface area contributed by atoms with Crippen LogP contribution in [0.25, 0.3) is 0 Å². The number of carbonyl (C=O) groups is 2. The van der Waals surface area contributed by atoms with Gasteiger partial charge in [0.1, 0.15) is 5.76 Å². The van der Waals surface area contributed by atoms with Gasteiger partial charge in [0.2, 0.25) is 11.8 Å². The van der Waals surface area contributed by atoms with Crippen molar-refractivity contribution in [2.75, 3.05) is 38.6 Å². The van der Waals surface area contributed by atoms with Gasteiger partial charge in [-0.05, 0) is 31.4 Å². The molecular weight excluding hydrogens is 352 g/mol. The van der Waals surface area contributed by atoms with Gasteiger partial charge in [-0.15, -0.1) is 11.8 Å². The van der Waals surface area contributed by atoms with Crippen molar-refractivity contribution in [2.45, 2.75) is 37.0 Å². The van der Waals surface area contributed by atoms with Gasteiger partial charge < -0.3 is 19.0 Å². The predicted molar refractivity (Wildman–Crippen MR) is 98.8 cm³/mol. The molecule has 7 heteroatoms. The molecule has 2 unspecified atom stereocenters. The van der Waals surface area contributed by atoms with E-state index in [1.807, 2.05) is 33.7 Å². The maximum atomic E-state index is 13.0. The summed E-state index contributed by atoms with van der Waals surface area (Å²) in [7, 11) is 0. The van der Waals surface area contributed by atoms with Crippen molar-refractivity contribution in [1.82, 2.24) is 9.80 Å². The Labute approximate surface area is 158 Å². The van der Waals surface area contributed by atoms with Gasteiger partial charge in [0.25, 0.3) is 0 Å². The molecule has 3 aliphatic rings. The lowest BCUT2D eigenvalue weighted by molar-refractivity contribution is -0.135. The monoisotopic (exact) mass is 378 g/mol. The highest BCUT2D eigenvalue weighted by molar-refractivity contribution is 7.99. The van der Waals surface area contributed by atoms with E-state index in [2.05, 4.69) is 0 Å². The van der Waals surface area contributed by atoms with Crippen LogP contribution in [0, 0.1) is 5.92 Å². The summed E-state index contributed by atoms with van der Waals surface area (Å²) >= 11 is 1.85. The van der Waals surface area contributed by atoms with Crippen molar-refractivity contribution in [1.29, 1.82) is 0 Å². The van der Waals surface area contributed by atoms with Crippen LogP contribution in [0.15, 0.2) is 22.8 Å². The van der Waals surface area contributed by atoms with Gasteiger partial charge in [-0.2, -0.15) is 0 Å². The second-order valence-electron chi connectivity index (χ2n) is 7.28. The van der Waals surface area contributed by atoms with Crippen molar-refractivity contribution in [2.24, 2.45) is 5.92 Å². The molecule has 3 fully saturated rings. The molecule has 0 spiro atoms. The van der Waals surface area contributed by atoms with Crippen molar-refractivity contribution in [3.63, 3.8) is 0 Å². The standard InChI is InChI=1S/C19H26N2O4S/c22-18-12-14(13-21(18)15-4-9-24-10-5-15)19(23)20-6-3-17(26-11-7-20)16-2-1-8-25-16/h1-2,8,14-15,17H,3-7,9-13H2. The Kier molecular flexibility index (Phi) is 5.55. The number of amides is 2. The quantitative estimate of drug-likeness (QED) is 0.808. The number of hydrogen-bond acceptors (Lipinski definition) is 5. The van der Waals surface area contributed by atoms with Crippen molar-refractivity contribution < 1.29 is 18.7 Å². The summed E-state index contributed by atoms with van der Waals surface area (Å²) in [5, 5.41) is 0.312. The zero-order valence-corrected chi connectivity index (χ0v) is 15.8. The molecule has 0 aromatic carbocycles. The maximum Gasteiger partial charge on any atom is 0.228 e. The van der Waals surface area contributed by atoms with Gasteiger partial charge in [0.15, 0.2) is 0 Å². The zero-order chi connectivity index (χ0) is 17.9. The van der Waals surface area contributed by atoms with Crippen LogP contribution in [0.3, 0.4) is 0 Å². The highest BCUT2D eigenvalue weighted by atomic mass is 32.2. The summed E-state index contributed by atoms with van der Waals surface area (Å²) in [6.07, 6.45) is 4.74. The van der Waals surface area contributed by atoms with E-state index < -0.39 is 0 Å². The fraction of sp³-hybridized carbons (Fsp3) is 0.684. The molecule has 0 bridgehead atoms. The molecule has 26 heavy (non-hydrogen) atoms. The van der Waals surface area contributed by atoms with Crippen LogP contribution in [0.5, 0.6) is 0 Å². The van der Waals surface area contributed by atoms with E-state index in [0.29, 0.717) is 31.4 Å². The summed E-state index contributed by atoms with van der Waals surface area (Å²) in [6, 6.07) is 4.17. The lowest BCUT2D eigenvalue weighted by Gasteiger charge is -2.31. The van der Waals surface area contributed by atoms with E-state index in [-0.39, 0.29) is 23.8 Å². The molecule has 3 saturated heterocycles. The molecule has 1 aromatic heterocycles. The Morgan fingerprint density at radius 3 is 2.81 bits per heavy atom. The minimum atomic E-state index is -0.185. The second kappa shape index (κ2) is 8.05. The first-order chi connectivity index (χ1) is 12.7. The third-order valence-corrected chi connectivity index (χ3v) is 6.94. The number of nitrogens with zero attached hydrogens (tertiary/aromatic N) is 2. The third kappa shape index (κ3) is 3.78. The SMILES string of the molecule is O=C(C1CC(=O)N(C2CCOCC2)C1)N1CCSC(c2ccco2)CC1. The van der Waals surface area contributed by atoms with Crippen LogP contribution in [0.1, 0.15) is 36.7 Å². The van der Waals surface area contributed by atoms with E-state index in [9.17, 15) is 9.59 Å². The molecule has 0 N–H and O–H groups in total. The molecule has 0 saturated carbocycles. The third-order valence-electron chi connectivity index (χ3n) is 5.65. The topological polar surface area (TPSA) is 63.0 Å². The molecule has 3 aliphatic heterocycles. The molecule has 4 heterocycles. The van der Waals surface area contributed by atoms with Crippen LogP contribution in [-0.4, -0.2) is 66.3 Å². The number of furan rings is 1. The number of likely N-dealkylation sites (tertiary alicyclic amines) is 1. The smallest absolute Gasteiger partial charge is 0.228 e. The van der Waals surface area contributed by atoms with Crippen molar-refractivity contribution in [3.05, 3.63) is 24.2 Å². The summed E-state index contributed by atoms with van der Waals surface area (Å²) in [4.78, 5) is 29.3. The van der Waals surface area contributed by atoms with Gasteiger partial charge in [-0.3, -0.25) is 9.59 Å². The molecule has 4 rings (SSSR count). The lowest BCUT2D eigenvalue weighted by atomic mass is 10.1. The Bertz CT molecular complexity index is 629. The highest BCUT2D eigenvalue weighted by Gasteiger charge is 2.40. The molecule has 2 atom stereocenters. The average molecular weight is 378 g/mol. The molecule has 0 aliphatic carbocycles. The minimum absolute atomic E-state index is 0.132. The number of carbonyl (C=O) groups excluding carboxylic acids is 2. The molecule has 6 nitrogen and oxygen atoms in total. The first-order valence-electron chi connectivity index (χ1n) is 9.53. The van der Waals surface area contributed by atoms with E-state index in [1.165, 1.54) is 0 Å². The summed E-state index contributed by atoms with van der Waals surface area (Å²) in [6.45, 7) is 3.49.